The molecule has 1 fully saturated rings. The maximum absolute atomic E-state index is 14.5. The lowest BCUT2D eigenvalue weighted by Crippen LogP contribution is -2.63. The lowest BCUT2D eigenvalue weighted by Gasteiger charge is -2.32. The van der Waals surface area contributed by atoms with Gasteiger partial charge in [-0.05, 0) is 115 Å². The zero-order chi connectivity index (χ0) is 90.2. The molecule has 16 amide bonds. The SMILES string of the molecule is CC(C)C[C@H](NC(=O)[C@@H](NC(=O)[C@@H](NC(=O)[C@H](CC(C)C)NC(=O)[C@@H]1CCCN1C(=O)[C@@H](NC(=O)[C@H](CCC(N)=O)NC(=O)[C@H](CO)NC(=O)[C@H](CCCCN)NC(=O)[C@H](CCC(=O)O)NC(=O)[C@H](CO)NC(=O)[C@@H](NC(=O)[C@H](CCS(C)=O)NC(=O)[C@H](Cc1ccccc1)NC(=O)CNC(=O)CN)[C@@H](C)O)[C@@H](C)O)C(C)C)[C@@H](C)O)C(=O)O. The van der Waals surface area contributed by atoms with Crippen LogP contribution in [0.1, 0.15) is 145 Å². The summed E-state index contributed by atoms with van der Waals surface area (Å²) in [7, 11) is -1.59. The zero-order valence-corrected chi connectivity index (χ0v) is 69.4. The van der Waals surface area contributed by atoms with Crippen LogP contribution in [0.3, 0.4) is 0 Å². The standard InChI is InChI=1S/C74H122N18O26S/c1-36(2)29-47(66(108)88-57(38(5)6)70(112)90-59(40(8)96)71(113)85-49(74(116)117)30-37(3)4)84-69(111)52-20-16-27-92(52)73(115)60(41(9)97)91-63(105)44(21-23-53(77)98)81-67(109)50(34-93)86-61(103)43(19-14-15-26-75)80-62(104)45(22-24-56(101)102)82-68(110)51(35-94)87-72(114)58(39(7)95)89-64(106)46(25-28-119(10)118)83-65(107)48(31-42-17-12-11-13-18-42)79-55(100)33-78-54(99)32-76/h11-13,17-18,36-41,43-52,57-60,93-97H,14-16,19-35,75-76H2,1-10H3,(H2,77,98)(H,78,99)(H,79,100)(H,80,104)(H,81,109)(H,82,110)(H,83,107)(H,84,111)(H,85,113)(H,86,103)(H,87,114)(H,88,108)(H,89,106)(H,90,112)(H,91,105)(H,101,102)(H,116,117)/t39-,40-,41-,43+,44+,45+,46+,47+,48+,49+,50+,51+,52+,57+,58+,59+,60+,119?/m1/s1. The number of hydrogen-bond donors (Lipinski definition) is 24. The molecule has 0 saturated carbocycles. The van der Waals surface area contributed by atoms with E-state index < -0.39 is 278 Å². The van der Waals surface area contributed by atoms with E-state index in [2.05, 4.69) is 74.4 Å². The number of aliphatic carboxylic acids is 2. The van der Waals surface area contributed by atoms with E-state index in [0.717, 1.165) is 18.7 Å². The number of carboxylic acids is 2. The lowest BCUT2D eigenvalue weighted by molar-refractivity contribution is -0.145. The number of nitrogens with two attached hydrogens (primary N) is 3. The summed E-state index contributed by atoms with van der Waals surface area (Å²) in [5, 5.41) is 106. The van der Waals surface area contributed by atoms with Crippen LogP contribution in [0.5, 0.6) is 0 Å². The summed E-state index contributed by atoms with van der Waals surface area (Å²) < 4.78 is 12.3. The molecule has 0 aromatic heterocycles. The van der Waals surface area contributed by atoms with Crippen LogP contribution in [0.2, 0.25) is 0 Å². The van der Waals surface area contributed by atoms with Crippen LogP contribution < -0.4 is 91.6 Å². The summed E-state index contributed by atoms with van der Waals surface area (Å²) in [6.45, 7) is 9.64. The van der Waals surface area contributed by atoms with Gasteiger partial charge in [-0.1, -0.05) is 71.9 Å². The van der Waals surface area contributed by atoms with Crippen molar-refractivity contribution in [1.82, 2.24) is 79.3 Å². The Labute approximate surface area is 691 Å². The number of carbonyl (C=O) groups excluding carboxylic acids is 16. The van der Waals surface area contributed by atoms with E-state index in [4.69, 9.17) is 17.2 Å². The van der Waals surface area contributed by atoms with E-state index in [0.29, 0.717) is 5.56 Å². The highest BCUT2D eigenvalue weighted by atomic mass is 32.2. The van der Waals surface area contributed by atoms with Gasteiger partial charge in [-0.15, -0.1) is 0 Å². The summed E-state index contributed by atoms with van der Waals surface area (Å²) in [4.78, 5) is 245. The van der Waals surface area contributed by atoms with Crippen molar-refractivity contribution in [1.29, 1.82) is 0 Å². The molecule has 1 saturated heterocycles. The Morgan fingerprint density at radius 2 is 0.882 bits per heavy atom. The largest absolute Gasteiger partial charge is 0.481 e. The fourth-order valence-corrected chi connectivity index (χ4v) is 12.7. The second kappa shape index (κ2) is 53.2. The van der Waals surface area contributed by atoms with Crippen molar-refractivity contribution in [2.24, 2.45) is 35.0 Å². The van der Waals surface area contributed by atoms with Crippen LogP contribution in [-0.4, -0.2) is 306 Å². The Hall–Kier alpha value is -10.5. The predicted molar refractivity (Wildman–Crippen MR) is 424 cm³/mol. The predicted octanol–water partition coefficient (Wildman–Crippen LogP) is -9.41. The molecule has 18 atom stereocenters. The normalized spacial score (nSPS) is 16.9. The third-order valence-electron chi connectivity index (χ3n) is 18.6. The van der Waals surface area contributed by atoms with E-state index in [9.17, 15) is 126 Å². The summed E-state index contributed by atoms with van der Waals surface area (Å²) in [6.07, 6.45) is -7.11. The highest BCUT2D eigenvalue weighted by Crippen LogP contribution is 2.22. The van der Waals surface area contributed by atoms with Gasteiger partial charge in [0, 0.05) is 48.6 Å². The van der Waals surface area contributed by atoms with Crippen molar-refractivity contribution in [3.63, 3.8) is 0 Å². The zero-order valence-electron chi connectivity index (χ0n) is 68.6. The Balaban J connectivity index is 2.42. The first kappa shape index (κ1) is 105. The molecule has 45 heteroatoms. The summed E-state index contributed by atoms with van der Waals surface area (Å²) in [5.41, 5.74) is 17.0. The van der Waals surface area contributed by atoms with Crippen molar-refractivity contribution < 1.29 is 126 Å². The van der Waals surface area contributed by atoms with E-state index in [1.165, 1.54) is 13.2 Å². The molecule has 0 spiro atoms. The van der Waals surface area contributed by atoms with Gasteiger partial charge < -0.3 is 132 Å². The molecule has 1 unspecified atom stereocenters. The highest BCUT2D eigenvalue weighted by Gasteiger charge is 2.44. The van der Waals surface area contributed by atoms with Crippen molar-refractivity contribution in [3.05, 3.63) is 35.9 Å². The number of amides is 16. The summed E-state index contributed by atoms with van der Waals surface area (Å²) in [6, 6.07) is -15.6. The Bertz CT molecular complexity index is 3650. The molecule has 1 aliphatic heterocycles. The molecule has 1 aromatic rings. The minimum atomic E-state index is -2.07. The smallest absolute Gasteiger partial charge is 0.326 e. The molecule has 0 radical (unpaired) electrons. The number of benzene rings is 1. The molecule has 0 aliphatic carbocycles. The van der Waals surface area contributed by atoms with Crippen molar-refractivity contribution in [2.75, 3.05) is 51.4 Å². The number of nitrogens with zero attached hydrogens (tertiary/aromatic N) is 1. The van der Waals surface area contributed by atoms with Crippen molar-refractivity contribution in [2.45, 2.75) is 249 Å². The molecule has 1 heterocycles. The lowest BCUT2D eigenvalue weighted by atomic mass is 9.98. The van der Waals surface area contributed by atoms with Crippen LogP contribution in [0.4, 0.5) is 0 Å². The molecular weight excluding hydrogens is 1590 g/mol. The van der Waals surface area contributed by atoms with Gasteiger partial charge in [0.2, 0.25) is 94.5 Å². The van der Waals surface area contributed by atoms with Crippen LogP contribution in [0.15, 0.2) is 30.3 Å². The number of hydrogen-bond acceptors (Lipinski definition) is 26. The number of aliphatic hydroxyl groups excluding tert-OH is 5. The Morgan fingerprint density at radius 3 is 1.34 bits per heavy atom. The Morgan fingerprint density at radius 1 is 0.471 bits per heavy atom. The average molecular weight is 1710 g/mol. The van der Waals surface area contributed by atoms with Crippen LogP contribution >= 0.6 is 0 Å². The van der Waals surface area contributed by atoms with E-state index in [1.807, 2.05) is 0 Å². The molecule has 119 heavy (non-hydrogen) atoms. The molecule has 1 aliphatic rings. The van der Waals surface area contributed by atoms with Crippen molar-refractivity contribution in [3.8, 4) is 0 Å². The minimum absolute atomic E-state index is 0.0157. The molecular formula is C74H122N18O26S. The van der Waals surface area contributed by atoms with E-state index >= 15 is 0 Å². The maximum Gasteiger partial charge on any atom is 0.326 e. The molecule has 670 valence electrons. The van der Waals surface area contributed by atoms with E-state index in [-0.39, 0.29) is 88.5 Å². The third kappa shape index (κ3) is 37.6. The van der Waals surface area contributed by atoms with Crippen LogP contribution in [0, 0.1) is 17.8 Å². The topological polar surface area (TPSA) is 716 Å². The fraction of sp³-hybridized carbons (Fsp3) is 0.676. The minimum Gasteiger partial charge on any atom is -0.481 e. The van der Waals surface area contributed by atoms with Crippen LogP contribution in [-0.2, 0) is 104 Å². The first-order valence-corrected chi connectivity index (χ1v) is 40.8. The second-order valence-corrected chi connectivity index (χ2v) is 31.7. The third-order valence-corrected chi connectivity index (χ3v) is 19.4. The Kier molecular flexibility index (Phi) is 46.7. The van der Waals surface area contributed by atoms with Gasteiger partial charge in [-0.25, -0.2) is 4.79 Å². The maximum atomic E-state index is 14.5. The number of rotatable bonds is 55. The second-order valence-electron chi connectivity index (χ2n) is 30.1. The molecule has 0 bridgehead atoms. The highest BCUT2D eigenvalue weighted by molar-refractivity contribution is 7.84. The molecule has 2 rings (SSSR count). The summed E-state index contributed by atoms with van der Waals surface area (Å²) >= 11 is 0. The first-order chi connectivity index (χ1) is 55.8. The number of likely N-dealkylation sites (tertiary alicyclic amines) is 1. The number of aliphatic hydroxyl groups is 5. The van der Waals surface area contributed by atoms with E-state index in [1.54, 1.807) is 71.9 Å². The van der Waals surface area contributed by atoms with Gasteiger partial charge in [0.25, 0.3) is 0 Å². The van der Waals surface area contributed by atoms with Crippen molar-refractivity contribution >= 4 is 117 Å². The molecule has 1 aromatic carbocycles. The quantitative estimate of drug-likeness (QED) is 0.0269. The number of carboxylic acid groups (broad SMARTS) is 2. The summed E-state index contributed by atoms with van der Waals surface area (Å²) in [5.74, 6) is -21.5. The number of nitrogens with one attached hydrogen (secondary N) is 14. The average Bonchev–Trinajstić information content (AvgIpc) is 1.76. The number of unbranched alkanes of at least 4 members (excludes halogenated alkanes) is 1. The van der Waals surface area contributed by atoms with Gasteiger partial charge >= 0.3 is 11.9 Å². The van der Waals surface area contributed by atoms with Gasteiger partial charge in [-0.3, -0.25) is 85.7 Å². The molecule has 27 N–H and O–H groups in total. The number of primary amides is 1. The van der Waals surface area contributed by atoms with Gasteiger partial charge in [-0.2, -0.15) is 0 Å². The van der Waals surface area contributed by atoms with Crippen LogP contribution in [0.25, 0.3) is 0 Å². The number of carbonyl (C=O) groups is 18. The monoisotopic (exact) mass is 1710 g/mol. The fourth-order valence-electron chi connectivity index (χ4n) is 12.1. The first-order valence-electron chi connectivity index (χ1n) is 39.0. The van der Waals surface area contributed by atoms with Gasteiger partial charge in [0.15, 0.2) is 0 Å². The van der Waals surface area contributed by atoms with Gasteiger partial charge in [0.1, 0.15) is 84.6 Å². The van der Waals surface area contributed by atoms with Gasteiger partial charge in [0.05, 0.1) is 44.6 Å². The molecule has 44 nitrogen and oxygen atoms in total.